The molecule has 1 aromatic heterocycles. The Balaban J connectivity index is 1.49. The van der Waals surface area contributed by atoms with Gasteiger partial charge in [-0.2, -0.15) is 0 Å². The van der Waals surface area contributed by atoms with Gasteiger partial charge in [0.05, 0.1) is 12.7 Å². The number of benzene rings is 1. The van der Waals surface area contributed by atoms with Crippen molar-refractivity contribution >= 4 is 23.3 Å². The minimum absolute atomic E-state index is 0.0346. The van der Waals surface area contributed by atoms with Gasteiger partial charge in [0, 0.05) is 36.5 Å². The van der Waals surface area contributed by atoms with Gasteiger partial charge < -0.3 is 19.4 Å². The molecule has 29 heavy (non-hydrogen) atoms. The number of furan rings is 1. The highest BCUT2D eigenvalue weighted by Gasteiger charge is 2.38. The third kappa shape index (κ3) is 4.39. The van der Waals surface area contributed by atoms with Crippen molar-refractivity contribution in [2.24, 2.45) is 0 Å². The second kappa shape index (κ2) is 8.34. The van der Waals surface area contributed by atoms with Gasteiger partial charge in [-0.1, -0.05) is 32.0 Å². The molecule has 1 aliphatic rings. The molecule has 7 heteroatoms. The molecule has 1 aliphatic heterocycles. The first-order chi connectivity index (χ1) is 13.8. The van der Waals surface area contributed by atoms with Gasteiger partial charge >= 0.3 is 5.97 Å². The van der Waals surface area contributed by atoms with E-state index in [1.807, 2.05) is 36.2 Å². The Labute approximate surface area is 169 Å². The van der Waals surface area contributed by atoms with Gasteiger partial charge in [-0.25, -0.2) is 0 Å². The molecular weight excluding hydrogens is 372 g/mol. The number of ketones is 1. The van der Waals surface area contributed by atoms with Gasteiger partial charge in [0.1, 0.15) is 0 Å². The lowest BCUT2D eigenvalue weighted by molar-refractivity contribution is -0.146. The molecule has 0 bridgehead atoms. The topological polar surface area (TPSA) is 88.9 Å². The fourth-order valence-corrected chi connectivity index (χ4v) is 3.45. The molecule has 7 nitrogen and oxygen atoms in total. The smallest absolute Gasteiger partial charge is 0.308 e. The van der Waals surface area contributed by atoms with E-state index in [4.69, 9.17) is 9.15 Å². The van der Waals surface area contributed by atoms with Crippen LogP contribution < -0.4 is 10.2 Å². The van der Waals surface area contributed by atoms with Crippen LogP contribution in [0.1, 0.15) is 36.4 Å². The number of nitrogens with one attached hydrogen (secondary N) is 1. The van der Waals surface area contributed by atoms with Crippen molar-refractivity contribution in [3.05, 3.63) is 65.8 Å². The molecule has 152 valence electrons. The first kappa shape index (κ1) is 20.4. The zero-order valence-electron chi connectivity index (χ0n) is 16.7. The Morgan fingerprint density at radius 2 is 1.93 bits per heavy atom. The van der Waals surface area contributed by atoms with E-state index in [9.17, 15) is 14.4 Å². The zero-order valence-corrected chi connectivity index (χ0v) is 16.7. The van der Waals surface area contributed by atoms with E-state index in [-0.39, 0.29) is 36.5 Å². The first-order valence-electron chi connectivity index (χ1n) is 9.36. The number of nitrogens with zero attached hydrogens (tertiary/aromatic N) is 1. The average molecular weight is 396 g/mol. The normalized spacial score (nSPS) is 15.8. The van der Waals surface area contributed by atoms with Crippen LogP contribution in [0.3, 0.4) is 0 Å². The molecule has 0 aliphatic carbocycles. The molecule has 0 atom stereocenters. The molecule has 2 aromatic rings. The number of carbonyl (C=O) groups excluding carboxylic acids is 3. The van der Waals surface area contributed by atoms with Gasteiger partial charge in [-0.05, 0) is 23.8 Å². The summed E-state index contributed by atoms with van der Waals surface area (Å²) in [6.07, 6.45) is 2.89. The summed E-state index contributed by atoms with van der Waals surface area (Å²) in [6.45, 7) is 3.87. The van der Waals surface area contributed by atoms with E-state index in [1.165, 1.54) is 18.4 Å². The minimum atomic E-state index is -0.557. The number of ether oxygens (including phenoxy) is 1. The summed E-state index contributed by atoms with van der Waals surface area (Å²) >= 11 is 0. The second-order valence-electron chi connectivity index (χ2n) is 7.34. The molecule has 3 rings (SSSR count). The van der Waals surface area contributed by atoms with Gasteiger partial charge in [0.15, 0.2) is 18.2 Å². The van der Waals surface area contributed by atoms with Crippen LogP contribution in [-0.2, 0) is 19.7 Å². The molecule has 0 radical (unpaired) electrons. The van der Waals surface area contributed by atoms with Crippen LogP contribution in [0.15, 0.2) is 58.9 Å². The SMILES string of the molecule is CN1C(=CC(=O)COC(=O)CCNC(=O)c2ccco2)C(C)(C)c2ccccc21. The highest BCUT2D eigenvalue weighted by Crippen LogP contribution is 2.46. The fourth-order valence-electron chi connectivity index (χ4n) is 3.45. The quantitative estimate of drug-likeness (QED) is 0.572. The number of esters is 1. The maximum atomic E-state index is 12.4. The van der Waals surface area contributed by atoms with Gasteiger partial charge in [-0.15, -0.1) is 0 Å². The maximum absolute atomic E-state index is 12.4. The van der Waals surface area contributed by atoms with Crippen molar-refractivity contribution in [2.45, 2.75) is 25.7 Å². The Morgan fingerprint density at radius 1 is 1.17 bits per heavy atom. The van der Waals surface area contributed by atoms with Gasteiger partial charge in [0.2, 0.25) is 0 Å². The van der Waals surface area contributed by atoms with Crippen molar-refractivity contribution in [1.29, 1.82) is 0 Å². The molecule has 2 heterocycles. The van der Waals surface area contributed by atoms with Crippen LogP contribution in [0.2, 0.25) is 0 Å². The summed E-state index contributed by atoms with van der Waals surface area (Å²) in [5.41, 5.74) is 2.73. The summed E-state index contributed by atoms with van der Waals surface area (Å²) in [7, 11) is 1.92. The Kier molecular flexibility index (Phi) is 5.87. The lowest BCUT2D eigenvalue weighted by Gasteiger charge is -2.23. The number of allylic oxidation sites excluding steroid dienone is 1. The van der Waals surface area contributed by atoms with Crippen molar-refractivity contribution in [1.82, 2.24) is 5.32 Å². The number of carbonyl (C=O) groups is 3. The van der Waals surface area contributed by atoms with Crippen LogP contribution >= 0.6 is 0 Å². The molecule has 0 fully saturated rings. The van der Waals surface area contributed by atoms with Crippen LogP contribution in [0, 0.1) is 0 Å². The van der Waals surface area contributed by atoms with Gasteiger partial charge in [-0.3, -0.25) is 14.4 Å². The standard InChI is InChI=1S/C22H24N2O5/c1-22(2)16-7-4-5-8-17(16)24(3)19(22)13-15(25)14-29-20(26)10-11-23-21(27)18-9-6-12-28-18/h4-9,12-13H,10-11,14H2,1-3H3,(H,23,27). The number of hydrogen-bond acceptors (Lipinski definition) is 6. The number of amides is 1. The highest BCUT2D eigenvalue weighted by molar-refractivity contribution is 5.94. The van der Waals surface area contributed by atoms with E-state index in [1.54, 1.807) is 6.07 Å². The third-order valence-electron chi connectivity index (χ3n) is 4.97. The number of hydrogen-bond donors (Lipinski definition) is 1. The number of para-hydroxylation sites is 1. The largest absolute Gasteiger partial charge is 0.459 e. The van der Waals surface area contributed by atoms with E-state index < -0.39 is 11.9 Å². The fraction of sp³-hybridized carbons (Fsp3) is 0.318. The minimum Gasteiger partial charge on any atom is -0.459 e. The third-order valence-corrected chi connectivity index (χ3v) is 4.97. The number of anilines is 1. The molecule has 0 saturated heterocycles. The summed E-state index contributed by atoms with van der Waals surface area (Å²) in [5, 5.41) is 2.55. The molecule has 1 N–H and O–H groups in total. The molecular formula is C22H24N2O5. The van der Waals surface area contributed by atoms with Crippen molar-refractivity contribution < 1.29 is 23.5 Å². The van der Waals surface area contributed by atoms with Crippen LogP contribution in [0.5, 0.6) is 0 Å². The van der Waals surface area contributed by atoms with Crippen LogP contribution in [0.25, 0.3) is 0 Å². The zero-order chi connectivity index (χ0) is 21.0. The number of rotatable bonds is 7. The average Bonchev–Trinajstić information content (AvgIpc) is 3.30. The number of fused-ring (bicyclic) bond motifs is 1. The van der Waals surface area contributed by atoms with E-state index in [2.05, 4.69) is 19.2 Å². The monoisotopic (exact) mass is 396 g/mol. The van der Waals surface area contributed by atoms with Crippen LogP contribution in [-0.4, -0.2) is 37.9 Å². The van der Waals surface area contributed by atoms with E-state index in [0.29, 0.717) is 0 Å². The number of likely N-dealkylation sites (N-methyl/N-ethyl adjacent to an activating group) is 1. The highest BCUT2D eigenvalue weighted by atomic mass is 16.5. The summed E-state index contributed by atoms with van der Waals surface area (Å²) < 4.78 is 10.0. The molecule has 0 saturated carbocycles. The Bertz CT molecular complexity index is 944. The maximum Gasteiger partial charge on any atom is 0.308 e. The lowest BCUT2D eigenvalue weighted by Crippen LogP contribution is -2.27. The van der Waals surface area contributed by atoms with Gasteiger partial charge in [0.25, 0.3) is 5.91 Å². The predicted octanol–water partition coefficient (Wildman–Crippen LogP) is 2.82. The Morgan fingerprint density at radius 3 is 2.62 bits per heavy atom. The summed E-state index contributed by atoms with van der Waals surface area (Å²) in [5.74, 6) is -1.08. The molecule has 0 spiro atoms. The second-order valence-corrected chi connectivity index (χ2v) is 7.34. The van der Waals surface area contributed by atoms with E-state index in [0.717, 1.165) is 16.9 Å². The first-order valence-corrected chi connectivity index (χ1v) is 9.36. The molecule has 1 amide bonds. The molecule has 1 aromatic carbocycles. The van der Waals surface area contributed by atoms with Crippen molar-refractivity contribution in [2.75, 3.05) is 25.1 Å². The summed E-state index contributed by atoms with van der Waals surface area (Å²) in [6, 6.07) is 11.1. The van der Waals surface area contributed by atoms with Crippen molar-refractivity contribution in [3.63, 3.8) is 0 Å². The van der Waals surface area contributed by atoms with Crippen LogP contribution in [0.4, 0.5) is 5.69 Å². The Hall–Kier alpha value is -3.35. The van der Waals surface area contributed by atoms with E-state index >= 15 is 0 Å². The predicted molar refractivity (Wildman–Crippen MR) is 108 cm³/mol. The lowest BCUT2D eigenvalue weighted by atomic mass is 9.83. The summed E-state index contributed by atoms with van der Waals surface area (Å²) in [4.78, 5) is 37.9. The van der Waals surface area contributed by atoms with Crippen molar-refractivity contribution in [3.8, 4) is 0 Å². The molecule has 0 unspecified atom stereocenters.